The molecule has 0 saturated heterocycles. The highest BCUT2D eigenvalue weighted by molar-refractivity contribution is 5.17. The fraction of sp³-hybridized carbons (Fsp3) is 0.667. The lowest BCUT2D eigenvalue weighted by molar-refractivity contribution is 0.0282. The summed E-state index contributed by atoms with van der Waals surface area (Å²) in [6.45, 7) is 1.67. The quantitative estimate of drug-likeness (QED) is 0.808. The van der Waals surface area contributed by atoms with Gasteiger partial charge in [-0.25, -0.2) is 0 Å². The fourth-order valence-corrected chi connectivity index (χ4v) is 4.82. The van der Waals surface area contributed by atoms with Crippen molar-refractivity contribution in [1.82, 2.24) is 5.32 Å². The topological polar surface area (TPSA) is 41.5 Å². The Hall–Kier alpha value is -0.900. The number of aliphatic hydroxyl groups excluding tert-OH is 1. The molecule has 1 aromatic carbocycles. The fourth-order valence-electron chi connectivity index (χ4n) is 4.82. The lowest BCUT2D eigenvalue weighted by atomic mass is 10.0. The Morgan fingerprint density at radius 3 is 2.57 bits per heavy atom. The molecule has 3 aliphatic carbocycles. The first-order valence-electron chi connectivity index (χ1n) is 8.36. The molecule has 2 bridgehead atoms. The van der Waals surface area contributed by atoms with Crippen molar-refractivity contribution in [2.24, 2.45) is 23.7 Å². The first-order chi connectivity index (χ1) is 10.3. The van der Waals surface area contributed by atoms with Crippen molar-refractivity contribution < 1.29 is 9.84 Å². The molecule has 114 valence electrons. The van der Waals surface area contributed by atoms with Crippen LogP contribution in [-0.4, -0.2) is 30.4 Å². The van der Waals surface area contributed by atoms with Gasteiger partial charge in [0.2, 0.25) is 0 Å². The summed E-state index contributed by atoms with van der Waals surface area (Å²) < 4.78 is 5.59. The summed E-state index contributed by atoms with van der Waals surface area (Å²) in [4.78, 5) is 0. The van der Waals surface area contributed by atoms with E-state index in [0.717, 1.165) is 29.2 Å². The number of nitrogens with one attached hydrogen (secondary N) is 1. The summed E-state index contributed by atoms with van der Waals surface area (Å²) >= 11 is 0. The van der Waals surface area contributed by atoms with E-state index in [1.807, 2.05) is 30.3 Å². The average molecular weight is 287 g/mol. The molecule has 3 saturated carbocycles. The zero-order chi connectivity index (χ0) is 14.2. The first-order valence-corrected chi connectivity index (χ1v) is 8.36. The molecular formula is C18H25NO2. The number of aliphatic hydroxyl groups is 1. The number of benzene rings is 1. The second-order valence-corrected chi connectivity index (χ2v) is 7.08. The van der Waals surface area contributed by atoms with Crippen LogP contribution < -0.4 is 5.32 Å². The molecular weight excluding hydrogens is 262 g/mol. The minimum atomic E-state index is -0.396. The van der Waals surface area contributed by atoms with Gasteiger partial charge in [0.15, 0.2) is 0 Å². The van der Waals surface area contributed by atoms with Crippen LogP contribution in [0.25, 0.3) is 0 Å². The van der Waals surface area contributed by atoms with E-state index in [-0.39, 0.29) is 0 Å². The van der Waals surface area contributed by atoms with Crippen molar-refractivity contribution in [2.75, 3.05) is 13.2 Å². The third-order valence-corrected chi connectivity index (χ3v) is 5.75. The number of rotatable bonds is 7. The standard InChI is InChI=1S/C18H25NO2/c20-15(11-21-10-12-4-2-1-3-5-12)9-19-18-16-13-6-7-14(8-13)17(16)18/h1-5,13-20H,6-11H2. The number of fused-ring (bicyclic) bond motifs is 5. The summed E-state index contributed by atoms with van der Waals surface area (Å²) in [5, 5.41) is 13.6. The first kappa shape index (κ1) is 13.7. The minimum Gasteiger partial charge on any atom is -0.389 e. The minimum absolute atomic E-state index is 0.396. The van der Waals surface area contributed by atoms with Crippen LogP contribution in [0.5, 0.6) is 0 Å². The van der Waals surface area contributed by atoms with Crippen molar-refractivity contribution in [1.29, 1.82) is 0 Å². The smallest absolute Gasteiger partial charge is 0.0897 e. The maximum Gasteiger partial charge on any atom is 0.0897 e. The Kier molecular flexibility index (Phi) is 3.74. The summed E-state index contributed by atoms with van der Waals surface area (Å²) in [5.74, 6) is 3.84. The lowest BCUT2D eigenvalue weighted by Gasteiger charge is -2.15. The van der Waals surface area contributed by atoms with Crippen molar-refractivity contribution in [3.63, 3.8) is 0 Å². The van der Waals surface area contributed by atoms with E-state index in [9.17, 15) is 5.11 Å². The lowest BCUT2D eigenvalue weighted by Crippen LogP contribution is -2.34. The van der Waals surface area contributed by atoms with E-state index < -0.39 is 6.10 Å². The van der Waals surface area contributed by atoms with Gasteiger partial charge in [0.25, 0.3) is 0 Å². The van der Waals surface area contributed by atoms with E-state index in [0.29, 0.717) is 25.8 Å². The zero-order valence-corrected chi connectivity index (χ0v) is 12.4. The molecule has 0 heterocycles. The van der Waals surface area contributed by atoms with E-state index >= 15 is 0 Å². The predicted molar refractivity (Wildman–Crippen MR) is 81.7 cm³/mol. The molecule has 4 rings (SSSR count). The molecule has 2 N–H and O–H groups in total. The molecule has 3 nitrogen and oxygen atoms in total. The van der Waals surface area contributed by atoms with Crippen LogP contribution >= 0.6 is 0 Å². The predicted octanol–water partition coefficient (Wildman–Crippen LogP) is 2.20. The van der Waals surface area contributed by atoms with Crippen LogP contribution in [0.3, 0.4) is 0 Å². The Morgan fingerprint density at radius 2 is 1.86 bits per heavy atom. The van der Waals surface area contributed by atoms with Gasteiger partial charge in [-0.3, -0.25) is 0 Å². The second kappa shape index (κ2) is 5.71. The summed E-state index contributed by atoms with van der Waals surface area (Å²) in [7, 11) is 0. The summed E-state index contributed by atoms with van der Waals surface area (Å²) in [6.07, 6.45) is 3.99. The van der Waals surface area contributed by atoms with Crippen LogP contribution in [0, 0.1) is 23.7 Å². The van der Waals surface area contributed by atoms with Gasteiger partial charge in [0, 0.05) is 12.6 Å². The molecule has 5 unspecified atom stereocenters. The van der Waals surface area contributed by atoms with E-state index in [2.05, 4.69) is 5.32 Å². The van der Waals surface area contributed by atoms with E-state index in [1.165, 1.54) is 19.3 Å². The van der Waals surface area contributed by atoms with Crippen LogP contribution in [0.1, 0.15) is 24.8 Å². The van der Waals surface area contributed by atoms with Gasteiger partial charge in [-0.15, -0.1) is 0 Å². The largest absolute Gasteiger partial charge is 0.389 e. The van der Waals surface area contributed by atoms with Gasteiger partial charge >= 0.3 is 0 Å². The number of ether oxygens (including phenoxy) is 1. The van der Waals surface area contributed by atoms with Gasteiger partial charge in [-0.2, -0.15) is 0 Å². The molecule has 21 heavy (non-hydrogen) atoms. The van der Waals surface area contributed by atoms with Crippen LogP contribution in [0.15, 0.2) is 30.3 Å². The Morgan fingerprint density at radius 1 is 1.14 bits per heavy atom. The van der Waals surface area contributed by atoms with Crippen LogP contribution in [0.4, 0.5) is 0 Å². The molecule has 1 aromatic rings. The van der Waals surface area contributed by atoms with Gasteiger partial charge in [0.1, 0.15) is 0 Å². The second-order valence-electron chi connectivity index (χ2n) is 7.08. The summed E-state index contributed by atoms with van der Waals surface area (Å²) in [5.41, 5.74) is 1.16. The Labute approximate surface area is 126 Å². The highest BCUT2D eigenvalue weighted by Crippen LogP contribution is 2.65. The van der Waals surface area contributed by atoms with Crippen molar-refractivity contribution in [3.05, 3.63) is 35.9 Å². The van der Waals surface area contributed by atoms with Crippen LogP contribution in [-0.2, 0) is 11.3 Å². The monoisotopic (exact) mass is 287 g/mol. The van der Waals surface area contributed by atoms with Crippen LogP contribution in [0.2, 0.25) is 0 Å². The molecule has 3 aliphatic rings. The molecule has 3 fully saturated rings. The zero-order valence-electron chi connectivity index (χ0n) is 12.4. The van der Waals surface area contributed by atoms with Gasteiger partial charge in [-0.1, -0.05) is 30.3 Å². The molecule has 3 heteroatoms. The normalized spacial score (nSPS) is 37.5. The van der Waals surface area contributed by atoms with E-state index in [4.69, 9.17) is 4.74 Å². The molecule has 0 aromatic heterocycles. The molecule has 0 amide bonds. The molecule has 0 spiro atoms. The van der Waals surface area contributed by atoms with Gasteiger partial charge < -0.3 is 15.2 Å². The maximum absolute atomic E-state index is 10.0. The molecule has 5 atom stereocenters. The average Bonchev–Trinajstić information content (AvgIpc) is 2.89. The highest BCUT2D eigenvalue weighted by atomic mass is 16.5. The third kappa shape index (κ3) is 2.75. The Balaban J connectivity index is 1.14. The van der Waals surface area contributed by atoms with Crippen molar-refractivity contribution in [2.45, 2.75) is 38.0 Å². The van der Waals surface area contributed by atoms with Gasteiger partial charge in [0.05, 0.1) is 19.3 Å². The number of hydrogen-bond acceptors (Lipinski definition) is 3. The van der Waals surface area contributed by atoms with Crippen molar-refractivity contribution >= 4 is 0 Å². The third-order valence-electron chi connectivity index (χ3n) is 5.75. The molecule has 0 radical (unpaired) electrons. The summed E-state index contributed by atoms with van der Waals surface area (Å²) in [6, 6.07) is 10.8. The van der Waals surface area contributed by atoms with Crippen molar-refractivity contribution in [3.8, 4) is 0 Å². The SMILES string of the molecule is OC(CNC1C2C3CCC(C3)C12)COCc1ccccc1. The Bertz CT molecular complexity index is 461. The van der Waals surface area contributed by atoms with E-state index in [1.54, 1.807) is 0 Å². The highest BCUT2D eigenvalue weighted by Gasteiger charge is 2.64. The number of hydrogen-bond donors (Lipinski definition) is 2. The molecule has 0 aliphatic heterocycles. The van der Waals surface area contributed by atoms with Gasteiger partial charge in [-0.05, 0) is 48.5 Å². The maximum atomic E-state index is 10.0.